The largest absolute Gasteiger partial charge is 0.309 e. The second kappa shape index (κ2) is 7.62. The molecular formula is C20H25FN4O3S. The van der Waals surface area contributed by atoms with Gasteiger partial charge in [-0.1, -0.05) is 0 Å². The van der Waals surface area contributed by atoms with E-state index >= 15 is 0 Å². The maximum atomic E-state index is 13.2. The predicted molar refractivity (Wildman–Crippen MR) is 106 cm³/mol. The van der Waals surface area contributed by atoms with E-state index in [4.69, 9.17) is 4.98 Å². The Hall–Kier alpha value is -2.10. The first kappa shape index (κ1) is 20.2. The minimum atomic E-state index is -3.82. The number of aromatic nitrogens is 2. The number of aromatic amines is 1. The third-order valence-corrected chi connectivity index (χ3v) is 7.71. The molecule has 1 saturated heterocycles. The van der Waals surface area contributed by atoms with E-state index < -0.39 is 21.9 Å². The number of nitrogens with one attached hydrogen (secondary N) is 1. The first-order chi connectivity index (χ1) is 13.8. The van der Waals surface area contributed by atoms with Crippen molar-refractivity contribution in [2.75, 3.05) is 13.1 Å². The maximum Gasteiger partial charge on any atom is 0.254 e. The molecule has 0 bridgehead atoms. The second-order valence-corrected chi connectivity index (χ2v) is 9.81. The highest BCUT2D eigenvalue weighted by Crippen LogP contribution is 2.35. The fourth-order valence-corrected chi connectivity index (χ4v) is 5.78. The molecule has 156 valence electrons. The summed E-state index contributed by atoms with van der Waals surface area (Å²) >= 11 is 0. The number of benzene rings is 1. The van der Waals surface area contributed by atoms with E-state index in [-0.39, 0.29) is 10.5 Å². The minimum Gasteiger partial charge on any atom is -0.309 e. The molecule has 7 nitrogen and oxygen atoms in total. The van der Waals surface area contributed by atoms with Gasteiger partial charge < -0.3 is 4.98 Å². The van der Waals surface area contributed by atoms with Crippen LogP contribution in [0, 0.1) is 5.82 Å². The second-order valence-electron chi connectivity index (χ2n) is 7.92. The zero-order valence-corrected chi connectivity index (χ0v) is 17.4. The van der Waals surface area contributed by atoms with Gasteiger partial charge in [-0.15, -0.1) is 0 Å². The summed E-state index contributed by atoms with van der Waals surface area (Å²) in [5.41, 5.74) is 1.24. The molecule has 2 aliphatic rings. The van der Waals surface area contributed by atoms with E-state index in [2.05, 4.69) is 23.7 Å². The summed E-state index contributed by atoms with van der Waals surface area (Å²) in [6, 6.07) is 4.62. The lowest BCUT2D eigenvalue weighted by molar-refractivity contribution is 0.198. The van der Waals surface area contributed by atoms with Crippen molar-refractivity contribution in [3.05, 3.63) is 57.5 Å². The van der Waals surface area contributed by atoms with Crippen LogP contribution in [0.4, 0.5) is 4.39 Å². The third kappa shape index (κ3) is 3.74. The van der Waals surface area contributed by atoms with Crippen molar-refractivity contribution in [2.45, 2.75) is 56.6 Å². The molecule has 0 amide bonds. The van der Waals surface area contributed by atoms with Crippen LogP contribution in [0.1, 0.15) is 49.8 Å². The van der Waals surface area contributed by atoms with Gasteiger partial charge in [0.2, 0.25) is 10.0 Å². The van der Waals surface area contributed by atoms with Gasteiger partial charge >= 0.3 is 0 Å². The number of hydrogen-bond donors (Lipinski definition) is 1. The van der Waals surface area contributed by atoms with E-state index in [0.717, 1.165) is 24.4 Å². The Balaban J connectivity index is 1.69. The highest BCUT2D eigenvalue weighted by Gasteiger charge is 2.38. The monoisotopic (exact) mass is 420 g/mol. The summed E-state index contributed by atoms with van der Waals surface area (Å²) < 4.78 is 40.8. The number of fused-ring (bicyclic) bond motifs is 1. The fraction of sp³-hybridized carbons (Fsp3) is 0.500. The number of rotatable bonds is 4. The first-order valence-corrected chi connectivity index (χ1v) is 11.3. The molecule has 0 aliphatic carbocycles. The Kier molecular flexibility index (Phi) is 5.30. The Morgan fingerprint density at radius 2 is 1.93 bits per heavy atom. The number of nitrogens with zero attached hydrogens (tertiary/aromatic N) is 3. The lowest BCUT2D eigenvalue weighted by atomic mass is 10.0. The number of hydrogen-bond acceptors (Lipinski definition) is 5. The molecule has 1 N–H and O–H groups in total. The van der Waals surface area contributed by atoms with Crippen LogP contribution in [0.25, 0.3) is 0 Å². The summed E-state index contributed by atoms with van der Waals surface area (Å²) in [5, 5.41) is 0. The van der Waals surface area contributed by atoms with Crippen molar-refractivity contribution in [2.24, 2.45) is 0 Å². The average molecular weight is 421 g/mol. The molecule has 2 aromatic rings. The van der Waals surface area contributed by atoms with Crippen molar-refractivity contribution in [3.63, 3.8) is 0 Å². The van der Waals surface area contributed by atoms with Crippen molar-refractivity contribution in [1.29, 1.82) is 0 Å². The summed E-state index contributed by atoms with van der Waals surface area (Å²) in [5.74, 6) is -0.0974. The normalized spacial score (nSPS) is 20.9. The number of sulfonamides is 1. The smallest absolute Gasteiger partial charge is 0.254 e. The Labute approximate surface area is 169 Å². The fourth-order valence-electron chi connectivity index (χ4n) is 4.12. The third-order valence-electron chi connectivity index (χ3n) is 5.79. The van der Waals surface area contributed by atoms with Crippen LogP contribution in [0.5, 0.6) is 0 Å². The molecular weight excluding hydrogens is 395 g/mol. The number of halogens is 1. The number of H-pyrrole nitrogens is 1. The van der Waals surface area contributed by atoms with Crippen LogP contribution < -0.4 is 5.56 Å². The molecule has 9 heteroatoms. The average Bonchev–Trinajstić information content (AvgIpc) is 3.18. The van der Waals surface area contributed by atoms with E-state index in [0.29, 0.717) is 49.8 Å². The summed E-state index contributed by atoms with van der Waals surface area (Å²) in [6.07, 6.45) is 1.89. The topological polar surface area (TPSA) is 86.4 Å². The SMILES string of the molecule is CC(C)N1CCc2c(nc([C@H]3CCCN3S(=O)(=O)c3ccc(F)cc3)[nH]c2=O)C1. The van der Waals surface area contributed by atoms with Crippen LogP contribution in [0.2, 0.25) is 0 Å². The summed E-state index contributed by atoms with van der Waals surface area (Å²) in [4.78, 5) is 22.5. The quantitative estimate of drug-likeness (QED) is 0.820. The molecule has 1 aromatic heterocycles. The van der Waals surface area contributed by atoms with Crippen LogP contribution in [0.3, 0.4) is 0 Å². The van der Waals surface area contributed by atoms with Crippen molar-refractivity contribution >= 4 is 10.0 Å². The van der Waals surface area contributed by atoms with Gasteiger partial charge in [0.25, 0.3) is 5.56 Å². The molecule has 4 rings (SSSR count). The molecule has 0 spiro atoms. The van der Waals surface area contributed by atoms with Gasteiger partial charge in [0, 0.05) is 31.2 Å². The van der Waals surface area contributed by atoms with Gasteiger partial charge in [-0.3, -0.25) is 9.69 Å². The van der Waals surface area contributed by atoms with E-state index in [1.165, 1.54) is 16.4 Å². The van der Waals surface area contributed by atoms with Crippen LogP contribution in [-0.4, -0.2) is 46.7 Å². The molecule has 1 fully saturated rings. The van der Waals surface area contributed by atoms with Gasteiger partial charge in [0.15, 0.2) is 0 Å². The van der Waals surface area contributed by atoms with Gasteiger partial charge in [0.05, 0.1) is 16.6 Å². The van der Waals surface area contributed by atoms with E-state index in [1.54, 1.807) is 0 Å². The Bertz CT molecular complexity index is 1070. The van der Waals surface area contributed by atoms with Crippen LogP contribution >= 0.6 is 0 Å². The predicted octanol–water partition coefficient (Wildman–Crippen LogP) is 2.20. The zero-order chi connectivity index (χ0) is 20.8. The maximum absolute atomic E-state index is 13.2. The molecule has 0 saturated carbocycles. The minimum absolute atomic E-state index is 0.0390. The van der Waals surface area contributed by atoms with Gasteiger partial charge in [-0.2, -0.15) is 4.31 Å². The van der Waals surface area contributed by atoms with Crippen molar-refractivity contribution in [3.8, 4) is 0 Å². The lowest BCUT2D eigenvalue weighted by Gasteiger charge is -2.31. The van der Waals surface area contributed by atoms with E-state index in [1.807, 2.05) is 0 Å². The molecule has 0 unspecified atom stereocenters. The highest BCUT2D eigenvalue weighted by molar-refractivity contribution is 7.89. The van der Waals surface area contributed by atoms with Crippen LogP contribution in [-0.2, 0) is 23.0 Å². The summed E-state index contributed by atoms with van der Waals surface area (Å²) in [7, 11) is -3.82. The zero-order valence-electron chi connectivity index (χ0n) is 16.6. The van der Waals surface area contributed by atoms with Gasteiger partial charge in [0.1, 0.15) is 11.6 Å². The van der Waals surface area contributed by atoms with E-state index in [9.17, 15) is 17.6 Å². The van der Waals surface area contributed by atoms with Gasteiger partial charge in [-0.05, 0) is 57.4 Å². The molecule has 3 heterocycles. The van der Waals surface area contributed by atoms with Crippen molar-refractivity contribution < 1.29 is 12.8 Å². The van der Waals surface area contributed by atoms with Crippen LogP contribution in [0.15, 0.2) is 34.0 Å². The lowest BCUT2D eigenvalue weighted by Crippen LogP contribution is -2.40. The Morgan fingerprint density at radius 3 is 2.62 bits per heavy atom. The standard InChI is InChI=1S/C20H25FN4O3S/c1-13(2)24-11-9-16-17(12-24)22-19(23-20(16)26)18-4-3-10-25(18)29(27,28)15-7-5-14(21)6-8-15/h5-8,13,18H,3-4,9-12H2,1-2H3,(H,22,23,26)/t18-/m1/s1. The molecule has 0 radical (unpaired) electrons. The molecule has 1 aromatic carbocycles. The Morgan fingerprint density at radius 1 is 1.21 bits per heavy atom. The first-order valence-electron chi connectivity index (χ1n) is 9.91. The molecule has 1 atom stereocenters. The van der Waals surface area contributed by atoms with Gasteiger partial charge in [-0.25, -0.2) is 17.8 Å². The molecule has 2 aliphatic heterocycles. The molecule has 29 heavy (non-hydrogen) atoms. The highest BCUT2D eigenvalue weighted by atomic mass is 32.2. The van der Waals surface area contributed by atoms with Crippen molar-refractivity contribution in [1.82, 2.24) is 19.2 Å². The summed E-state index contributed by atoms with van der Waals surface area (Å²) in [6.45, 7) is 5.94.